The highest BCUT2D eigenvalue weighted by atomic mass is 35.5. The smallest absolute Gasteiger partial charge is 0.101 e. The fourth-order valence-corrected chi connectivity index (χ4v) is 2.13. The van der Waals surface area contributed by atoms with Crippen LogP contribution >= 0.6 is 23.4 Å². The molecular formula is C11H13ClN2S. The maximum Gasteiger partial charge on any atom is 0.101 e. The van der Waals surface area contributed by atoms with Crippen molar-refractivity contribution in [3.05, 3.63) is 23.4 Å². The van der Waals surface area contributed by atoms with Gasteiger partial charge in [-0.2, -0.15) is 5.26 Å². The van der Waals surface area contributed by atoms with Crippen molar-refractivity contribution in [2.24, 2.45) is 0 Å². The normalized spacial score (nSPS) is 11.1. The molecular weight excluding hydrogens is 228 g/mol. The van der Waals surface area contributed by atoms with E-state index < -0.39 is 0 Å². The lowest BCUT2D eigenvalue weighted by molar-refractivity contribution is 0.806. The van der Waals surface area contributed by atoms with Gasteiger partial charge in [-0.1, -0.05) is 11.8 Å². The quantitative estimate of drug-likeness (QED) is 0.601. The summed E-state index contributed by atoms with van der Waals surface area (Å²) in [6.07, 6.45) is 0. The number of nitrogens with zero attached hydrogens (tertiary/aromatic N) is 2. The Hall–Kier alpha value is -0.720. The number of rotatable bonds is 3. The van der Waals surface area contributed by atoms with E-state index in [2.05, 4.69) is 24.9 Å². The van der Waals surface area contributed by atoms with Crippen LogP contribution in [-0.2, 0) is 0 Å². The first-order valence-corrected chi connectivity index (χ1v) is 5.96. The second-order valence-corrected chi connectivity index (χ2v) is 5.88. The van der Waals surface area contributed by atoms with E-state index in [-0.39, 0.29) is 4.75 Å². The number of nitriles is 1. The molecule has 0 aliphatic heterocycles. The molecule has 1 aromatic heterocycles. The zero-order valence-electron chi connectivity index (χ0n) is 9.04. The average Bonchev–Trinajstić information content (AvgIpc) is 2.17. The Kier molecular flexibility index (Phi) is 4.01. The number of alkyl halides is 1. The highest BCUT2D eigenvalue weighted by molar-refractivity contribution is 8.00. The van der Waals surface area contributed by atoms with Gasteiger partial charge in [-0.05, 0) is 32.9 Å². The molecule has 0 atom stereocenters. The average molecular weight is 241 g/mol. The minimum absolute atomic E-state index is 0.0326. The van der Waals surface area contributed by atoms with E-state index in [0.29, 0.717) is 11.4 Å². The molecule has 0 spiro atoms. The fourth-order valence-electron chi connectivity index (χ4n) is 1.02. The van der Waals surface area contributed by atoms with Gasteiger partial charge in [-0.3, -0.25) is 0 Å². The summed E-state index contributed by atoms with van der Waals surface area (Å²) in [7, 11) is 0. The van der Waals surface area contributed by atoms with E-state index in [1.807, 2.05) is 13.0 Å². The summed E-state index contributed by atoms with van der Waals surface area (Å²) in [6, 6.07) is 5.77. The molecule has 0 radical (unpaired) electrons. The lowest BCUT2D eigenvalue weighted by atomic mass is 10.2. The van der Waals surface area contributed by atoms with Crippen LogP contribution in [0.15, 0.2) is 17.2 Å². The molecule has 80 valence electrons. The van der Waals surface area contributed by atoms with E-state index in [9.17, 15) is 0 Å². The highest BCUT2D eigenvalue weighted by Crippen LogP contribution is 2.32. The molecule has 0 aromatic carbocycles. The number of hydrogen-bond donors (Lipinski definition) is 0. The van der Waals surface area contributed by atoms with Gasteiger partial charge in [0.25, 0.3) is 0 Å². The van der Waals surface area contributed by atoms with Crippen molar-refractivity contribution in [1.82, 2.24) is 4.98 Å². The van der Waals surface area contributed by atoms with Crippen molar-refractivity contribution in [1.29, 1.82) is 5.26 Å². The number of pyridine rings is 1. The van der Waals surface area contributed by atoms with Gasteiger partial charge in [0.2, 0.25) is 0 Å². The van der Waals surface area contributed by atoms with Crippen molar-refractivity contribution < 1.29 is 0 Å². The second kappa shape index (κ2) is 4.87. The molecule has 1 heterocycles. The number of aryl methyl sites for hydroxylation is 1. The number of thioether (sulfide) groups is 1. The van der Waals surface area contributed by atoms with Crippen LogP contribution in [0, 0.1) is 18.3 Å². The van der Waals surface area contributed by atoms with Gasteiger partial charge in [0.1, 0.15) is 6.07 Å². The molecule has 2 nitrogen and oxygen atoms in total. The van der Waals surface area contributed by atoms with Crippen LogP contribution in [0.4, 0.5) is 0 Å². The molecule has 0 unspecified atom stereocenters. The Bertz CT molecular complexity index is 396. The van der Waals surface area contributed by atoms with Gasteiger partial charge in [0, 0.05) is 10.6 Å². The first-order chi connectivity index (χ1) is 6.98. The zero-order chi connectivity index (χ0) is 11.5. The van der Waals surface area contributed by atoms with Crippen LogP contribution in [0.5, 0.6) is 0 Å². The Morgan fingerprint density at radius 1 is 1.53 bits per heavy atom. The van der Waals surface area contributed by atoms with E-state index in [1.54, 1.807) is 17.8 Å². The van der Waals surface area contributed by atoms with Crippen molar-refractivity contribution in [2.75, 3.05) is 5.88 Å². The molecule has 1 rings (SSSR count). The molecule has 4 heteroatoms. The summed E-state index contributed by atoms with van der Waals surface area (Å²) in [5.41, 5.74) is 1.40. The Labute approximate surface area is 99.7 Å². The third kappa shape index (κ3) is 3.40. The summed E-state index contributed by atoms with van der Waals surface area (Å²) < 4.78 is -0.0326. The van der Waals surface area contributed by atoms with E-state index >= 15 is 0 Å². The number of halogens is 1. The van der Waals surface area contributed by atoms with Crippen LogP contribution in [0.2, 0.25) is 0 Å². The van der Waals surface area contributed by atoms with Crippen LogP contribution in [-0.4, -0.2) is 15.6 Å². The minimum Gasteiger partial charge on any atom is -0.245 e. The third-order valence-corrected chi connectivity index (χ3v) is 3.84. The SMILES string of the molecule is Cc1nc(SC(C)(C)CCl)ccc1C#N. The van der Waals surface area contributed by atoms with Crippen LogP contribution in [0.3, 0.4) is 0 Å². The molecule has 0 saturated carbocycles. The van der Waals surface area contributed by atoms with Crippen molar-refractivity contribution in [3.63, 3.8) is 0 Å². The summed E-state index contributed by atoms with van der Waals surface area (Å²) in [6.45, 7) is 5.98. The summed E-state index contributed by atoms with van der Waals surface area (Å²) in [4.78, 5) is 4.36. The molecule has 0 saturated heterocycles. The maximum absolute atomic E-state index is 8.77. The lowest BCUT2D eigenvalue weighted by Crippen LogP contribution is -2.16. The Morgan fingerprint density at radius 3 is 2.67 bits per heavy atom. The molecule has 0 aliphatic carbocycles. The third-order valence-electron chi connectivity index (χ3n) is 1.88. The topological polar surface area (TPSA) is 36.7 Å². The van der Waals surface area contributed by atoms with E-state index in [0.717, 1.165) is 10.7 Å². The highest BCUT2D eigenvalue weighted by Gasteiger charge is 2.19. The lowest BCUT2D eigenvalue weighted by Gasteiger charge is -2.19. The van der Waals surface area contributed by atoms with Crippen molar-refractivity contribution >= 4 is 23.4 Å². The molecule has 0 amide bonds. The van der Waals surface area contributed by atoms with Gasteiger partial charge in [0.15, 0.2) is 0 Å². The number of hydrogen-bond acceptors (Lipinski definition) is 3. The van der Waals surface area contributed by atoms with Gasteiger partial charge in [-0.15, -0.1) is 11.6 Å². The number of aromatic nitrogens is 1. The van der Waals surface area contributed by atoms with E-state index in [1.165, 1.54) is 0 Å². The predicted octanol–water partition coefficient (Wildman–Crippen LogP) is 3.37. The molecule has 0 fully saturated rings. The van der Waals surface area contributed by atoms with E-state index in [4.69, 9.17) is 16.9 Å². The summed E-state index contributed by atoms with van der Waals surface area (Å²) in [5, 5.41) is 9.68. The van der Waals surface area contributed by atoms with Gasteiger partial charge in [-0.25, -0.2) is 4.98 Å². The minimum atomic E-state index is -0.0326. The van der Waals surface area contributed by atoms with Gasteiger partial charge in [0.05, 0.1) is 16.3 Å². The first kappa shape index (κ1) is 12.4. The predicted molar refractivity (Wildman–Crippen MR) is 64.3 cm³/mol. The van der Waals surface area contributed by atoms with Gasteiger partial charge >= 0.3 is 0 Å². The second-order valence-electron chi connectivity index (χ2n) is 3.89. The first-order valence-electron chi connectivity index (χ1n) is 4.61. The monoisotopic (exact) mass is 240 g/mol. The molecule has 0 N–H and O–H groups in total. The van der Waals surface area contributed by atoms with Crippen LogP contribution in [0.25, 0.3) is 0 Å². The Balaban J connectivity index is 2.90. The summed E-state index contributed by atoms with van der Waals surface area (Å²) in [5.74, 6) is 0.568. The van der Waals surface area contributed by atoms with Crippen molar-refractivity contribution in [2.45, 2.75) is 30.5 Å². The standard InChI is InChI=1S/C11H13ClN2S/c1-8-9(6-13)4-5-10(14-8)15-11(2,3)7-12/h4-5H,7H2,1-3H3. The van der Waals surface area contributed by atoms with Crippen molar-refractivity contribution in [3.8, 4) is 6.07 Å². The summed E-state index contributed by atoms with van der Waals surface area (Å²) >= 11 is 7.47. The van der Waals surface area contributed by atoms with Crippen LogP contribution < -0.4 is 0 Å². The molecule has 15 heavy (non-hydrogen) atoms. The Morgan fingerprint density at radius 2 is 2.20 bits per heavy atom. The van der Waals surface area contributed by atoms with Gasteiger partial charge < -0.3 is 0 Å². The fraction of sp³-hybridized carbons (Fsp3) is 0.455. The molecule has 0 aliphatic rings. The van der Waals surface area contributed by atoms with Crippen LogP contribution in [0.1, 0.15) is 25.1 Å². The maximum atomic E-state index is 8.77. The molecule has 0 bridgehead atoms. The zero-order valence-corrected chi connectivity index (χ0v) is 10.6. The molecule has 1 aromatic rings. The largest absolute Gasteiger partial charge is 0.245 e.